The van der Waals surface area contributed by atoms with Crippen LogP contribution in [-0.2, 0) is 16.0 Å². The summed E-state index contributed by atoms with van der Waals surface area (Å²) in [5.74, 6) is -1.44. The van der Waals surface area contributed by atoms with Gasteiger partial charge >= 0.3 is 11.6 Å². The Morgan fingerprint density at radius 2 is 1.87 bits per heavy atom. The first-order valence-electron chi connectivity index (χ1n) is 10.2. The van der Waals surface area contributed by atoms with Crippen LogP contribution in [0.4, 0.5) is 0 Å². The minimum atomic E-state index is -1.05. The van der Waals surface area contributed by atoms with Gasteiger partial charge in [0.25, 0.3) is 0 Å². The average molecular weight is 413 g/mol. The molecule has 1 amide bonds. The van der Waals surface area contributed by atoms with E-state index in [9.17, 15) is 19.5 Å². The van der Waals surface area contributed by atoms with Crippen molar-refractivity contribution in [3.8, 4) is 0 Å². The summed E-state index contributed by atoms with van der Waals surface area (Å²) in [7, 11) is 0. The van der Waals surface area contributed by atoms with Crippen molar-refractivity contribution in [2.24, 2.45) is 0 Å². The fourth-order valence-electron chi connectivity index (χ4n) is 3.78. The van der Waals surface area contributed by atoms with Crippen molar-refractivity contribution < 1.29 is 23.5 Å². The number of amides is 1. The van der Waals surface area contributed by atoms with Gasteiger partial charge in [-0.3, -0.25) is 4.79 Å². The molecule has 2 aromatic heterocycles. The largest absolute Gasteiger partial charge is 0.480 e. The monoisotopic (exact) mass is 413 g/mol. The van der Waals surface area contributed by atoms with Gasteiger partial charge in [0, 0.05) is 28.3 Å². The van der Waals surface area contributed by atoms with Crippen LogP contribution in [0, 0.1) is 20.8 Å². The van der Waals surface area contributed by atoms with Gasteiger partial charge in [0.1, 0.15) is 17.2 Å². The first kappa shape index (κ1) is 21.6. The van der Waals surface area contributed by atoms with Crippen LogP contribution in [0.1, 0.15) is 54.9 Å². The molecule has 0 radical (unpaired) electrons. The zero-order valence-electron chi connectivity index (χ0n) is 17.8. The van der Waals surface area contributed by atoms with Gasteiger partial charge in [-0.1, -0.05) is 19.8 Å². The lowest BCUT2D eigenvalue weighted by Gasteiger charge is -2.14. The van der Waals surface area contributed by atoms with E-state index in [0.29, 0.717) is 29.6 Å². The van der Waals surface area contributed by atoms with E-state index in [-0.39, 0.29) is 12.8 Å². The van der Waals surface area contributed by atoms with Crippen molar-refractivity contribution >= 4 is 33.8 Å². The van der Waals surface area contributed by atoms with Gasteiger partial charge in [-0.2, -0.15) is 0 Å². The second-order valence-corrected chi connectivity index (χ2v) is 7.77. The highest BCUT2D eigenvalue weighted by molar-refractivity contribution is 5.99. The lowest BCUT2D eigenvalue weighted by Crippen LogP contribution is -2.40. The number of unbranched alkanes of at least 4 members (excludes halogenated alkanes) is 1. The summed E-state index contributed by atoms with van der Waals surface area (Å²) in [6, 6.07) is 1.04. The maximum absolute atomic E-state index is 12.6. The molecule has 160 valence electrons. The number of carboxylic acids is 1. The second-order valence-electron chi connectivity index (χ2n) is 7.77. The summed E-state index contributed by atoms with van der Waals surface area (Å²) in [6.45, 7) is 7.61. The molecule has 1 aromatic carbocycles. The Labute approximate surface area is 174 Å². The van der Waals surface area contributed by atoms with Crippen LogP contribution >= 0.6 is 0 Å². The molecule has 0 aliphatic rings. The fraction of sp³-hybridized carbons (Fsp3) is 0.435. The third-order valence-corrected chi connectivity index (χ3v) is 5.62. The zero-order chi connectivity index (χ0) is 22.0. The number of carboxylic acid groups (broad SMARTS) is 1. The maximum Gasteiger partial charge on any atom is 0.339 e. The van der Waals surface area contributed by atoms with Gasteiger partial charge in [-0.25, -0.2) is 9.59 Å². The molecule has 2 heterocycles. The Kier molecular flexibility index (Phi) is 6.29. The lowest BCUT2D eigenvalue weighted by atomic mass is 9.98. The minimum Gasteiger partial charge on any atom is -0.480 e. The fourth-order valence-corrected chi connectivity index (χ4v) is 3.78. The Bertz CT molecular complexity index is 1170. The number of fused-ring (bicyclic) bond motifs is 2. The van der Waals surface area contributed by atoms with Gasteiger partial charge in [0.15, 0.2) is 0 Å². The van der Waals surface area contributed by atoms with Crippen LogP contribution in [0.3, 0.4) is 0 Å². The Morgan fingerprint density at radius 1 is 1.13 bits per heavy atom. The van der Waals surface area contributed by atoms with E-state index >= 15 is 0 Å². The van der Waals surface area contributed by atoms with Crippen LogP contribution in [0.2, 0.25) is 0 Å². The van der Waals surface area contributed by atoms with Crippen LogP contribution in [0.15, 0.2) is 26.0 Å². The predicted molar refractivity (Wildman–Crippen MR) is 114 cm³/mol. The van der Waals surface area contributed by atoms with Crippen molar-refractivity contribution in [1.82, 2.24) is 5.32 Å². The van der Waals surface area contributed by atoms with Crippen LogP contribution in [0.5, 0.6) is 0 Å². The third-order valence-electron chi connectivity index (χ3n) is 5.62. The van der Waals surface area contributed by atoms with E-state index in [0.717, 1.165) is 33.9 Å². The number of carbonyl (C=O) groups excluding carboxylic acids is 1. The first-order valence-corrected chi connectivity index (χ1v) is 10.2. The minimum absolute atomic E-state index is 0.0129. The molecule has 3 aromatic rings. The molecule has 0 unspecified atom stereocenters. The third kappa shape index (κ3) is 4.10. The quantitative estimate of drug-likeness (QED) is 0.537. The Hall–Kier alpha value is -3.09. The van der Waals surface area contributed by atoms with E-state index in [2.05, 4.69) is 5.32 Å². The summed E-state index contributed by atoms with van der Waals surface area (Å²) in [6.07, 6.45) is 3.81. The molecule has 3 rings (SSSR count). The molecule has 0 bridgehead atoms. The molecule has 0 aliphatic carbocycles. The highest BCUT2D eigenvalue weighted by Crippen LogP contribution is 2.32. The number of benzene rings is 1. The number of carbonyl (C=O) groups is 2. The number of aliphatic carboxylic acids is 1. The molecular weight excluding hydrogens is 386 g/mol. The molecule has 0 saturated carbocycles. The molecule has 0 saturated heterocycles. The highest BCUT2D eigenvalue weighted by atomic mass is 16.4. The van der Waals surface area contributed by atoms with Crippen LogP contribution in [-0.4, -0.2) is 23.0 Å². The SMILES string of the molecule is CCCC[C@@H](NC(=O)CCc1c(C)c2cc3c(C)coc3c(C)c2oc1=O)C(=O)O. The van der Waals surface area contributed by atoms with Gasteiger partial charge in [0.2, 0.25) is 5.91 Å². The molecule has 7 heteroatoms. The standard InChI is InChI=1S/C23H27NO6/c1-5-6-7-18(22(26)27)24-19(25)9-8-15-13(3)17-10-16-12(2)11-29-20(16)14(4)21(17)30-23(15)28/h10-11,18H,5-9H2,1-4H3,(H,24,25)(H,26,27)/t18-/m1/s1. The number of aryl methyl sites for hydroxylation is 3. The van der Waals surface area contributed by atoms with E-state index < -0.39 is 23.5 Å². The summed E-state index contributed by atoms with van der Waals surface area (Å²) in [4.78, 5) is 36.2. The van der Waals surface area contributed by atoms with E-state index in [1.165, 1.54) is 0 Å². The zero-order valence-corrected chi connectivity index (χ0v) is 17.8. The number of hydrogen-bond donors (Lipinski definition) is 2. The predicted octanol–water partition coefficient (Wildman–Crippen LogP) is 4.16. The van der Waals surface area contributed by atoms with Crippen molar-refractivity contribution in [1.29, 1.82) is 0 Å². The molecule has 30 heavy (non-hydrogen) atoms. The smallest absolute Gasteiger partial charge is 0.339 e. The molecule has 2 N–H and O–H groups in total. The van der Waals surface area contributed by atoms with Crippen molar-refractivity contribution in [2.75, 3.05) is 0 Å². The van der Waals surface area contributed by atoms with Crippen molar-refractivity contribution in [3.63, 3.8) is 0 Å². The normalized spacial score (nSPS) is 12.4. The highest BCUT2D eigenvalue weighted by Gasteiger charge is 2.21. The van der Waals surface area contributed by atoms with Gasteiger partial charge in [-0.05, 0) is 50.8 Å². The maximum atomic E-state index is 12.6. The van der Waals surface area contributed by atoms with Crippen molar-refractivity contribution in [3.05, 3.63) is 45.0 Å². The number of rotatable bonds is 8. The van der Waals surface area contributed by atoms with E-state index in [1.54, 1.807) is 6.26 Å². The first-order chi connectivity index (χ1) is 14.2. The number of nitrogens with one attached hydrogen (secondary N) is 1. The molecule has 7 nitrogen and oxygen atoms in total. The average Bonchev–Trinajstić information content (AvgIpc) is 3.07. The second kappa shape index (κ2) is 8.73. The Balaban J connectivity index is 1.86. The molecule has 0 aliphatic heterocycles. The van der Waals surface area contributed by atoms with Crippen LogP contribution in [0.25, 0.3) is 21.9 Å². The van der Waals surface area contributed by atoms with Crippen LogP contribution < -0.4 is 10.9 Å². The van der Waals surface area contributed by atoms with Gasteiger partial charge in [-0.15, -0.1) is 0 Å². The molecular formula is C23H27NO6. The number of hydrogen-bond acceptors (Lipinski definition) is 5. The number of furan rings is 1. The summed E-state index contributed by atoms with van der Waals surface area (Å²) in [5, 5.41) is 13.6. The summed E-state index contributed by atoms with van der Waals surface area (Å²) in [5.41, 5.74) is 3.64. The van der Waals surface area contributed by atoms with E-state index in [1.807, 2.05) is 33.8 Å². The Morgan fingerprint density at radius 3 is 2.53 bits per heavy atom. The van der Waals surface area contributed by atoms with Gasteiger partial charge < -0.3 is 19.3 Å². The summed E-state index contributed by atoms with van der Waals surface area (Å²) >= 11 is 0. The van der Waals surface area contributed by atoms with Gasteiger partial charge in [0.05, 0.1) is 6.26 Å². The van der Waals surface area contributed by atoms with E-state index in [4.69, 9.17) is 8.83 Å². The topological polar surface area (TPSA) is 110 Å². The molecule has 0 fully saturated rings. The lowest BCUT2D eigenvalue weighted by molar-refractivity contribution is -0.142. The molecule has 1 atom stereocenters. The van der Waals surface area contributed by atoms with Crippen molar-refractivity contribution in [2.45, 2.75) is 65.8 Å². The molecule has 0 spiro atoms. The summed E-state index contributed by atoms with van der Waals surface area (Å²) < 4.78 is 11.2.